The second kappa shape index (κ2) is 7.04. The van der Waals surface area contributed by atoms with E-state index in [-0.39, 0.29) is 28.8 Å². The molecule has 0 radical (unpaired) electrons. The molecule has 0 saturated carbocycles. The van der Waals surface area contributed by atoms with Gasteiger partial charge in [0.1, 0.15) is 17.9 Å². The van der Waals surface area contributed by atoms with Crippen molar-refractivity contribution in [3.63, 3.8) is 0 Å². The molecule has 3 rings (SSSR count). The Labute approximate surface area is 150 Å². The van der Waals surface area contributed by atoms with Crippen LogP contribution >= 0.6 is 0 Å². The maximum Gasteiger partial charge on any atom is 0.230 e. The van der Waals surface area contributed by atoms with Gasteiger partial charge in [-0.05, 0) is 29.8 Å². The van der Waals surface area contributed by atoms with E-state index in [1.54, 1.807) is 24.3 Å². The van der Waals surface area contributed by atoms with E-state index in [4.69, 9.17) is 4.78 Å². The molecular weight excluding hydrogens is 357 g/mol. The minimum absolute atomic E-state index is 0.147. The fourth-order valence-electron chi connectivity index (χ4n) is 2.37. The zero-order chi connectivity index (χ0) is 18.7. The summed E-state index contributed by atoms with van der Waals surface area (Å²) in [7, 11) is -2.65. The van der Waals surface area contributed by atoms with Gasteiger partial charge in [0.2, 0.25) is 5.95 Å². The number of hydrogen-bond acceptors (Lipinski definition) is 7. The van der Waals surface area contributed by atoms with E-state index in [1.807, 2.05) is 0 Å². The minimum atomic E-state index is -2.65. The summed E-state index contributed by atoms with van der Waals surface area (Å²) in [5.74, 6) is -0.249. The fraction of sp³-hybridized carbons (Fsp3) is 0.118. The average Bonchev–Trinajstić information content (AvgIpc) is 2.54. The summed E-state index contributed by atoms with van der Waals surface area (Å²) in [6, 6.07) is 10.7. The first-order chi connectivity index (χ1) is 12.3. The summed E-state index contributed by atoms with van der Waals surface area (Å²) >= 11 is 0. The number of nitrogens with zero attached hydrogens (tertiary/aromatic N) is 3. The number of phenolic OH excluding ortho intramolecular Hbond substituents is 1. The Bertz CT molecular complexity index is 1060. The number of phenols is 1. The normalized spacial score (nSPS) is 13.2. The summed E-state index contributed by atoms with van der Waals surface area (Å²) in [6.07, 6.45) is 2.67. The van der Waals surface area contributed by atoms with Crippen LogP contribution in [0.15, 0.2) is 48.8 Å². The third kappa shape index (κ3) is 4.51. The van der Waals surface area contributed by atoms with Crippen molar-refractivity contribution in [2.24, 2.45) is 0 Å². The largest absolute Gasteiger partial charge is 0.507 e. The SMILES string of the molecule is CS(=N)(=O)Cc1cccc(Nc2ncnc(-c3ccc(F)cc3O)n2)c1. The van der Waals surface area contributed by atoms with E-state index in [0.717, 1.165) is 11.6 Å². The molecule has 1 unspecified atom stereocenters. The van der Waals surface area contributed by atoms with Gasteiger partial charge in [0, 0.05) is 27.7 Å². The summed E-state index contributed by atoms with van der Waals surface area (Å²) in [6.45, 7) is 0. The molecule has 0 aliphatic heterocycles. The Morgan fingerprint density at radius 3 is 2.77 bits per heavy atom. The minimum Gasteiger partial charge on any atom is -0.507 e. The van der Waals surface area contributed by atoms with Gasteiger partial charge in [-0.25, -0.2) is 18.6 Å². The van der Waals surface area contributed by atoms with E-state index < -0.39 is 15.5 Å². The van der Waals surface area contributed by atoms with Gasteiger partial charge in [0.15, 0.2) is 5.82 Å². The van der Waals surface area contributed by atoms with E-state index >= 15 is 0 Å². The van der Waals surface area contributed by atoms with Crippen molar-refractivity contribution in [3.8, 4) is 17.1 Å². The molecule has 3 aromatic rings. The smallest absolute Gasteiger partial charge is 0.230 e. The third-order valence-electron chi connectivity index (χ3n) is 3.40. The van der Waals surface area contributed by atoms with Crippen LogP contribution in [0, 0.1) is 10.6 Å². The first-order valence-electron chi connectivity index (χ1n) is 7.55. The van der Waals surface area contributed by atoms with E-state index in [0.29, 0.717) is 5.69 Å². The first-order valence-corrected chi connectivity index (χ1v) is 9.69. The van der Waals surface area contributed by atoms with Crippen LogP contribution in [-0.4, -0.2) is 30.5 Å². The van der Waals surface area contributed by atoms with E-state index in [1.165, 1.54) is 24.7 Å². The molecule has 0 aliphatic carbocycles. The Balaban J connectivity index is 1.86. The van der Waals surface area contributed by atoms with Gasteiger partial charge in [-0.1, -0.05) is 12.1 Å². The highest BCUT2D eigenvalue weighted by molar-refractivity contribution is 7.90. The summed E-state index contributed by atoms with van der Waals surface area (Å²) in [5, 5.41) is 12.9. The van der Waals surface area contributed by atoms with Crippen LogP contribution in [0.25, 0.3) is 11.4 Å². The quantitative estimate of drug-likeness (QED) is 0.633. The monoisotopic (exact) mass is 373 g/mol. The lowest BCUT2D eigenvalue weighted by Gasteiger charge is -2.09. The summed E-state index contributed by atoms with van der Waals surface area (Å²) < 4.78 is 32.3. The topological polar surface area (TPSA) is 112 Å². The molecule has 0 saturated heterocycles. The predicted octanol–water partition coefficient (Wildman–Crippen LogP) is 3.30. The van der Waals surface area contributed by atoms with Crippen molar-refractivity contribution < 1.29 is 13.7 Å². The lowest BCUT2D eigenvalue weighted by atomic mass is 10.2. The van der Waals surface area contributed by atoms with Gasteiger partial charge in [0.05, 0.1) is 11.3 Å². The number of halogens is 1. The molecule has 7 nitrogen and oxygen atoms in total. The second-order valence-corrected chi connectivity index (χ2v) is 8.07. The highest BCUT2D eigenvalue weighted by atomic mass is 32.2. The Hall–Kier alpha value is -3.07. The van der Waals surface area contributed by atoms with Gasteiger partial charge >= 0.3 is 0 Å². The van der Waals surface area contributed by atoms with E-state index in [9.17, 15) is 13.7 Å². The predicted molar refractivity (Wildman–Crippen MR) is 97.1 cm³/mol. The first kappa shape index (κ1) is 17.7. The number of rotatable bonds is 5. The van der Waals surface area contributed by atoms with Crippen molar-refractivity contribution in [2.45, 2.75) is 5.75 Å². The van der Waals surface area contributed by atoms with Gasteiger partial charge < -0.3 is 10.4 Å². The number of benzene rings is 2. The van der Waals surface area contributed by atoms with Gasteiger partial charge in [-0.15, -0.1) is 0 Å². The zero-order valence-corrected chi connectivity index (χ0v) is 14.6. The summed E-state index contributed by atoms with van der Waals surface area (Å²) in [4.78, 5) is 12.3. The number of anilines is 2. The Morgan fingerprint density at radius 1 is 1.23 bits per heavy atom. The van der Waals surface area contributed by atoms with E-state index in [2.05, 4.69) is 20.3 Å². The molecule has 9 heteroatoms. The summed E-state index contributed by atoms with van der Waals surface area (Å²) in [5.41, 5.74) is 1.69. The molecule has 1 heterocycles. The van der Waals surface area contributed by atoms with Gasteiger partial charge in [-0.3, -0.25) is 4.78 Å². The van der Waals surface area contributed by atoms with Gasteiger partial charge in [0.25, 0.3) is 0 Å². The second-order valence-electron chi connectivity index (χ2n) is 5.77. The molecule has 1 aromatic heterocycles. The third-order valence-corrected chi connectivity index (χ3v) is 4.28. The average molecular weight is 373 g/mol. The van der Waals surface area contributed by atoms with Crippen LogP contribution in [0.1, 0.15) is 5.56 Å². The molecular formula is C17H16FN5O2S. The van der Waals surface area contributed by atoms with Crippen LogP contribution in [-0.2, 0) is 15.5 Å². The number of nitrogens with one attached hydrogen (secondary N) is 2. The van der Waals surface area contributed by atoms with Crippen LogP contribution in [0.3, 0.4) is 0 Å². The van der Waals surface area contributed by atoms with Crippen LogP contribution in [0.4, 0.5) is 16.0 Å². The highest BCUT2D eigenvalue weighted by Crippen LogP contribution is 2.27. The zero-order valence-electron chi connectivity index (χ0n) is 13.8. The molecule has 134 valence electrons. The van der Waals surface area contributed by atoms with Gasteiger partial charge in [-0.2, -0.15) is 4.98 Å². The molecule has 3 N–H and O–H groups in total. The van der Waals surface area contributed by atoms with Crippen molar-refractivity contribution in [3.05, 3.63) is 60.2 Å². The van der Waals surface area contributed by atoms with Crippen molar-refractivity contribution in [1.82, 2.24) is 15.0 Å². The molecule has 0 bridgehead atoms. The van der Waals surface area contributed by atoms with Crippen molar-refractivity contribution in [2.75, 3.05) is 11.6 Å². The molecule has 0 aliphatic rings. The van der Waals surface area contributed by atoms with Crippen LogP contribution < -0.4 is 5.32 Å². The lowest BCUT2D eigenvalue weighted by Crippen LogP contribution is -2.02. The van der Waals surface area contributed by atoms with Crippen molar-refractivity contribution >= 4 is 21.4 Å². The standard InChI is InChI=1S/C17H16FN5O2S/c1-26(19,25)9-11-3-2-4-13(7-11)22-17-21-10-20-16(23-17)14-6-5-12(18)8-15(14)24/h2-8,10,19,24H,9H2,1H3,(H,20,21,22,23). The Morgan fingerprint density at radius 2 is 2.04 bits per heavy atom. The molecule has 0 amide bonds. The lowest BCUT2D eigenvalue weighted by molar-refractivity contribution is 0.470. The van der Waals surface area contributed by atoms with Crippen molar-refractivity contribution in [1.29, 1.82) is 4.78 Å². The molecule has 0 fully saturated rings. The maximum atomic E-state index is 13.1. The van der Waals surface area contributed by atoms with Crippen LogP contribution in [0.5, 0.6) is 5.75 Å². The number of aromatic nitrogens is 3. The molecule has 26 heavy (non-hydrogen) atoms. The molecule has 1 atom stereocenters. The maximum absolute atomic E-state index is 13.1. The van der Waals surface area contributed by atoms with Crippen LogP contribution in [0.2, 0.25) is 0 Å². The fourth-order valence-corrected chi connectivity index (χ4v) is 3.18. The highest BCUT2D eigenvalue weighted by Gasteiger charge is 2.10. The molecule has 0 spiro atoms. The number of hydrogen-bond donors (Lipinski definition) is 3. The number of aromatic hydroxyl groups is 1. The molecule has 2 aromatic carbocycles. The Kier molecular flexibility index (Phi) is 4.81.